The van der Waals surface area contributed by atoms with Gasteiger partial charge in [-0.15, -0.1) is 0 Å². The number of carbonyl (C=O) groups is 2. The summed E-state index contributed by atoms with van der Waals surface area (Å²) in [5, 5.41) is 3.24. The molecule has 0 radical (unpaired) electrons. The van der Waals surface area contributed by atoms with Crippen molar-refractivity contribution in [3.63, 3.8) is 0 Å². The van der Waals surface area contributed by atoms with E-state index in [0.29, 0.717) is 17.3 Å². The molecule has 25 heavy (non-hydrogen) atoms. The number of nitrogens with zero attached hydrogens (tertiary/aromatic N) is 1. The summed E-state index contributed by atoms with van der Waals surface area (Å²) >= 11 is 6.21. The summed E-state index contributed by atoms with van der Waals surface area (Å²) in [7, 11) is 0. The topological polar surface area (TPSA) is 49.4 Å². The minimum atomic E-state index is -0.370. The largest absolute Gasteiger partial charge is 0.324 e. The maximum Gasteiger partial charge on any atom is 0.236 e. The van der Waals surface area contributed by atoms with E-state index in [9.17, 15) is 9.59 Å². The van der Waals surface area contributed by atoms with E-state index >= 15 is 0 Å². The zero-order valence-electron chi connectivity index (χ0n) is 15.0. The van der Waals surface area contributed by atoms with Crippen LogP contribution in [0.1, 0.15) is 30.0 Å². The lowest BCUT2D eigenvalue weighted by Crippen LogP contribution is -2.33. The highest BCUT2D eigenvalue weighted by Crippen LogP contribution is 2.27. The molecule has 0 fully saturated rings. The zero-order chi connectivity index (χ0) is 18.6. The van der Waals surface area contributed by atoms with E-state index in [1.807, 2.05) is 58.0 Å². The van der Waals surface area contributed by atoms with Gasteiger partial charge in [-0.25, -0.2) is 0 Å². The number of hydrogen-bond acceptors (Lipinski definition) is 2. The minimum Gasteiger partial charge on any atom is -0.324 e. The van der Waals surface area contributed by atoms with Crippen LogP contribution in [-0.4, -0.2) is 18.4 Å². The van der Waals surface area contributed by atoms with Crippen molar-refractivity contribution >= 4 is 34.8 Å². The Morgan fingerprint density at radius 1 is 1.08 bits per heavy atom. The molecule has 1 N–H and O–H groups in total. The lowest BCUT2D eigenvalue weighted by molar-refractivity contribution is -0.125. The second kappa shape index (κ2) is 8.17. The molecule has 0 aliphatic carbocycles. The van der Waals surface area contributed by atoms with E-state index in [2.05, 4.69) is 5.32 Å². The van der Waals surface area contributed by atoms with Crippen LogP contribution >= 0.6 is 11.6 Å². The zero-order valence-corrected chi connectivity index (χ0v) is 15.8. The van der Waals surface area contributed by atoms with E-state index in [4.69, 9.17) is 11.6 Å². The number of anilines is 2. The third-order valence-corrected chi connectivity index (χ3v) is 4.24. The Labute approximate surface area is 153 Å². The molecule has 2 rings (SSSR count). The summed E-state index contributed by atoms with van der Waals surface area (Å²) < 4.78 is 0. The SMILES string of the molecule is CCN(C(=O)CC(=O)Nc1c(C)cc(C)cc1Cl)c1cccc(C)c1. The highest BCUT2D eigenvalue weighted by Gasteiger charge is 2.19. The number of benzene rings is 2. The lowest BCUT2D eigenvalue weighted by atomic mass is 10.1. The molecule has 2 amide bonds. The van der Waals surface area contributed by atoms with Crippen molar-refractivity contribution < 1.29 is 9.59 Å². The van der Waals surface area contributed by atoms with Crippen LogP contribution in [0, 0.1) is 20.8 Å². The predicted molar refractivity (Wildman–Crippen MR) is 103 cm³/mol. The number of hydrogen-bond donors (Lipinski definition) is 1. The lowest BCUT2D eigenvalue weighted by Gasteiger charge is -2.21. The monoisotopic (exact) mass is 358 g/mol. The molecular weight excluding hydrogens is 336 g/mol. The first-order valence-electron chi connectivity index (χ1n) is 8.25. The highest BCUT2D eigenvalue weighted by atomic mass is 35.5. The number of halogens is 1. The van der Waals surface area contributed by atoms with Crippen LogP contribution in [0.25, 0.3) is 0 Å². The molecule has 0 heterocycles. The van der Waals surface area contributed by atoms with E-state index < -0.39 is 0 Å². The molecule has 0 spiro atoms. The van der Waals surface area contributed by atoms with Crippen LogP contribution in [-0.2, 0) is 9.59 Å². The smallest absolute Gasteiger partial charge is 0.236 e. The predicted octanol–water partition coefficient (Wildman–Crippen LogP) is 4.65. The van der Waals surface area contributed by atoms with Crippen molar-refractivity contribution in [2.75, 3.05) is 16.8 Å². The van der Waals surface area contributed by atoms with E-state index in [1.54, 1.807) is 11.0 Å². The van der Waals surface area contributed by atoms with Crippen LogP contribution in [0.4, 0.5) is 11.4 Å². The molecule has 0 aliphatic heterocycles. The van der Waals surface area contributed by atoms with Gasteiger partial charge in [0.25, 0.3) is 0 Å². The molecule has 4 nitrogen and oxygen atoms in total. The molecule has 0 saturated heterocycles. The first kappa shape index (κ1) is 19.0. The third kappa shape index (κ3) is 4.83. The second-order valence-corrected chi connectivity index (χ2v) is 6.55. The molecule has 5 heteroatoms. The minimum absolute atomic E-state index is 0.231. The number of aryl methyl sites for hydroxylation is 3. The van der Waals surface area contributed by atoms with Crippen LogP contribution in [0.15, 0.2) is 36.4 Å². The number of amides is 2. The van der Waals surface area contributed by atoms with Crippen molar-refractivity contribution in [3.05, 3.63) is 58.1 Å². The Kier molecular flexibility index (Phi) is 6.21. The second-order valence-electron chi connectivity index (χ2n) is 6.14. The standard InChI is InChI=1S/C20H23ClN2O2/c1-5-23(16-8-6-7-13(2)10-16)19(25)12-18(24)22-20-15(4)9-14(3)11-17(20)21/h6-11H,5,12H2,1-4H3,(H,22,24). The van der Waals surface area contributed by atoms with Crippen molar-refractivity contribution in [2.24, 2.45) is 0 Å². The van der Waals surface area contributed by atoms with Gasteiger partial charge in [-0.3, -0.25) is 9.59 Å². The average Bonchev–Trinajstić information content (AvgIpc) is 2.51. The third-order valence-electron chi connectivity index (χ3n) is 3.94. The fourth-order valence-electron chi connectivity index (χ4n) is 2.79. The molecular formula is C20H23ClN2O2. The van der Waals surface area contributed by atoms with Crippen LogP contribution in [0.5, 0.6) is 0 Å². The number of rotatable bonds is 5. The van der Waals surface area contributed by atoms with Crippen LogP contribution < -0.4 is 10.2 Å². The fraction of sp³-hybridized carbons (Fsp3) is 0.300. The van der Waals surface area contributed by atoms with E-state index in [1.165, 1.54) is 0 Å². The van der Waals surface area contributed by atoms with E-state index in [-0.39, 0.29) is 18.2 Å². The van der Waals surface area contributed by atoms with Gasteiger partial charge in [0.1, 0.15) is 6.42 Å². The van der Waals surface area contributed by atoms with Gasteiger partial charge in [0.2, 0.25) is 11.8 Å². The van der Waals surface area contributed by atoms with Gasteiger partial charge >= 0.3 is 0 Å². The molecule has 0 aliphatic rings. The Hall–Kier alpha value is -2.33. The van der Waals surface area contributed by atoms with Gasteiger partial charge in [0.05, 0.1) is 10.7 Å². The summed E-state index contributed by atoms with van der Waals surface area (Å²) in [5.41, 5.74) is 4.31. The summed E-state index contributed by atoms with van der Waals surface area (Å²) in [6.45, 7) is 8.17. The Bertz CT molecular complexity index is 779. The summed E-state index contributed by atoms with van der Waals surface area (Å²) in [6, 6.07) is 11.4. The molecule has 132 valence electrons. The molecule has 0 bridgehead atoms. The summed E-state index contributed by atoms with van der Waals surface area (Å²) in [5.74, 6) is -0.614. The van der Waals surface area contributed by atoms with Gasteiger partial charge in [0, 0.05) is 12.2 Å². The summed E-state index contributed by atoms with van der Waals surface area (Å²) in [4.78, 5) is 26.5. The van der Waals surface area contributed by atoms with Crippen LogP contribution in [0.3, 0.4) is 0 Å². The first-order valence-corrected chi connectivity index (χ1v) is 8.63. The Morgan fingerprint density at radius 2 is 1.80 bits per heavy atom. The Morgan fingerprint density at radius 3 is 2.40 bits per heavy atom. The molecule has 0 atom stereocenters. The average molecular weight is 359 g/mol. The number of nitrogens with one attached hydrogen (secondary N) is 1. The molecule has 0 saturated carbocycles. The van der Waals surface area contributed by atoms with Crippen molar-refractivity contribution in [1.82, 2.24) is 0 Å². The fourth-order valence-corrected chi connectivity index (χ4v) is 3.16. The normalized spacial score (nSPS) is 10.4. The maximum absolute atomic E-state index is 12.5. The first-order chi connectivity index (χ1) is 11.8. The number of carbonyl (C=O) groups excluding carboxylic acids is 2. The summed E-state index contributed by atoms with van der Waals surface area (Å²) in [6.07, 6.45) is -0.231. The highest BCUT2D eigenvalue weighted by molar-refractivity contribution is 6.34. The van der Waals surface area contributed by atoms with Gasteiger partial charge < -0.3 is 10.2 Å². The Balaban J connectivity index is 2.10. The van der Waals surface area contributed by atoms with Gasteiger partial charge in [0.15, 0.2) is 0 Å². The maximum atomic E-state index is 12.5. The van der Waals surface area contributed by atoms with E-state index in [0.717, 1.165) is 22.4 Å². The van der Waals surface area contributed by atoms with Crippen molar-refractivity contribution in [2.45, 2.75) is 34.1 Å². The molecule has 2 aromatic carbocycles. The van der Waals surface area contributed by atoms with Crippen molar-refractivity contribution in [3.8, 4) is 0 Å². The van der Waals surface area contributed by atoms with Crippen molar-refractivity contribution in [1.29, 1.82) is 0 Å². The molecule has 0 unspecified atom stereocenters. The molecule has 0 aromatic heterocycles. The quantitative estimate of drug-likeness (QED) is 0.791. The van der Waals surface area contributed by atoms with Gasteiger partial charge in [-0.2, -0.15) is 0 Å². The van der Waals surface area contributed by atoms with Gasteiger partial charge in [-0.05, 0) is 62.6 Å². The van der Waals surface area contributed by atoms with Crippen LogP contribution in [0.2, 0.25) is 5.02 Å². The van der Waals surface area contributed by atoms with Gasteiger partial charge in [-0.1, -0.05) is 29.8 Å². The molecule has 2 aromatic rings.